The molecule has 64 valence electrons. The molecular formula is C6H8ClF2OP. The highest BCUT2D eigenvalue weighted by atomic mass is 35.7. The summed E-state index contributed by atoms with van der Waals surface area (Å²) in [6, 6.07) is 0. The van der Waals surface area contributed by atoms with Crippen LogP contribution in [0.15, 0.2) is 24.8 Å². The van der Waals surface area contributed by atoms with E-state index in [0.29, 0.717) is 0 Å². The quantitative estimate of drug-likeness (QED) is 0.635. The molecule has 0 aliphatic rings. The summed E-state index contributed by atoms with van der Waals surface area (Å²) in [5.41, 5.74) is 0. The second-order valence-electron chi connectivity index (χ2n) is 1.88. The fourth-order valence-electron chi connectivity index (χ4n) is 0.469. The van der Waals surface area contributed by atoms with Gasteiger partial charge in [-0.1, -0.05) is 11.2 Å². The van der Waals surface area contributed by atoms with Crippen LogP contribution in [0.3, 0.4) is 0 Å². The van der Waals surface area contributed by atoms with E-state index in [0.717, 1.165) is 12.2 Å². The average molecular weight is 201 g/mol. The molecule has 0 aromatic carbocycles. The van der Waals surface area contributed by atoms with Crippen LogP contribution >= 0.6 is 17.7 Å². The van der Waals surface area contributed by atoms with Crippen LogP contribution in [0.4, 0.5) is 8.78 Å². The normalized spacial score (nSPS) is 17.7. The number of hydrogen-bond acceptors (Lipinski definition) is 1. The standard InChI is InChI=1S/C6H8ClF2OP/c7-11(10,5-1-3-8)6-2-4-9/h1-4H,5-6H2. The zero-order chi connectivity index (χ0) is 8.74. The van der Waals surface area contributed by atoms with Crippen LogP contribution in [0.1, 0.15) is 0 Å². The first-order valence-electron chi connectivity index (χ1n) is 2.90. The first-order chi connectivity index (χ1) is 5.12. The van der Waals surface area contributed by atoms with Gasteiger partial charge in [0.15, 0.2) is 6.49 Å². The van der Waals surface area contributed by atoms with Crippen molar-refractivity contribution in [3.8, 4) is 0 Å². The number of allylic oxidation sites excluding steroid dienone is 2. The summed E-state index contributed by atoms with van der Waals surface area (Å²) in [6.07, 6.45) is 2.56. The van der Waals surface area contributed by atoms with Crippen LogP contribution in [-0.4, -0.2) is 12.3 Å². The minimum absolute atomic E-state index is 0.0462. The van der Waals surface area contributed by atoms with E-state index in [-0.39, 0.29) is 25.0 Å². The third-order valence-corrected chi connectivity index (χ3v) is 3.27. The van der Waals surface area contributed by atoms with E-state index >= 15 is 0 Å². The van der Waals surface area contributed by atoms with Gasteiger partial charge in [-0.05, 0) is 12.2 Å². The lowest BCUT2D eigenvalue weighted by atomic mass is 10.7. The first kappa shape index (κ1) is 10.9. The van der Waals surface area contributed by atoms with Crippen molar-refractivity contribution < 1.29 is 13.3 Å². The van der Waals surface area contributed by atoms with Crippen LogP contribution in [0, 0.1) is 0 Å². The summed E-state index contributed by atoms with van der Waals surface area (Å²) in [7, 11) is 0. The lowest BCUT2D eigenvalue weighted by Crippen LogP contribution is -1.82. The van der Waals surface area contributed by atoms with Gasteiger partial charge >= 0.3 is 0 Å². The maximum absolute atomic E-state index is 11.4. The highest BCUT2D eigenvalue weighted by Crippen LogP contribution is 2.51. The average Bonchev–Trinajstić information content (AvgIpc) is 1.97. The summed E-state index contributed by atoms with van der Waals surface area (Å²) in [5, 5.41) is 0. The molecule has 0 saturated heterocycles. The molecule has 0 aliphatic heterocycles. The third-order valence-electron chi connectivity index (χ3n) is 0.934. The highest BCUT2D eigenvalue weighted by molar-refractivity contribution is 7.89. The van der Waals surface area contributed by atoms with Gasteiger partial charge in [-0.2, -0.15) is 0 Å². The molecule has 0 heterocycles. The topological polar surface area (TPSA) is 17.1 Å². The van der Waals surface area contributed by atoms with E-state index in [4.69, 9.17) is 11.2 Å². The molecule has 0 N–H and O–H groups in total. The summed E-state index contributed by atoms with van der Waals surface area (Å²) < 4.78 is 33.8. The lowest BCUT2D eigenvalue weighted by molar-refractivity contribution is 0.587. The molecule has 0 atom stereocenters. The molecule has 1 nitrogen and oxygen atoms in total. The summed E-state index contributed by atoms with van der Waals surface area (Å²) >= 11 is 5.41. The minimum atomic E-state index is -2.91. The van der Waals surface area contributed by atoms with E-state index in [2.05, 4.69) is 0 Å². The second kappa shape index (κ2) is 5.50. The van der Waals surface area contributed by atoms with Crippen molar-refractivity contribution in [2.24, 2.45) is 0 Å². The molecule has 11 heavy (non-hydrogen) atoms. The van der Waals surface area contributed by atoms with Crippen molar-refractivity contribution in [2.75, 3.05) is 12.3 Å². The molecule has 0 aromatic heterocycles. The van der Waals surface area contributed by atoms with Gasteiger partial charge in [0.1, 0.15) is 0 Å². The molecule has 0 spiro atoms. The van der Waals surface area contributed by atoms with E-state index in [1.54, 1.807) is 0 Å². The van der Waals surface area contributed by atoms with Crippen molar-refractivity contribution in [1.82, 2.24) is 0 Å². The van der Waals surface area contributed by atoms with Gasteiger partial charge in [0.05, 0.1) is 12.7 Å². The predicted octanol–water partition coefficient (Wildman–Crippen LogP) is 3.47. The fourth-order valence-corrected chi connectivity index (χ4v) is 1.89. The largest absolute Gasteiger partial charge is 0.306 e. The highest BCUT2D eigenvalue weighted by Gasteiger charge is 2.13. The molecule has 0 amide bonds. The van der Waals surface area contributed by atoms with E-state index < -0.39 is 6.49 Å². The van der Waals surface area contributed by atoms with Gasteiger partial charge in [-0.25, -0.2) is 8.78 Å². The zero-order valence-corrected chi connectivity index (χ0v) is 7.36. The molecule has 0 radical (unpaired) electrons. The summed E-state index contributed by atoms with van der Waals surface area (Å²) in [5.74, 6) is 0. The van der Waals surface area contributed by atoms with Gasteiger partial charge in [-0.3, -0.25) is 0 Å². The Morgan fingerprint density at radius 1 is 1.18 bits per heavy atom. The van der Waals surface area contributed by atoms with Gasteiger partial charge in [-0.15, -0.1) is 0 Å². The Bertz CT molecular complexity index is 185. The minimum Gasteiger partial charge on any atom is -0.306 e. The molecule has 0 unspecified atom stereocenters. The van der Waals surface area contributed by atoms with Crippen LogP contribution in [0.5, 0.6) is 0 Å². The van der Waals surface area contributed by atoms with Crippen LogP contribution in [-0.2, 0) is 4.57 Å². The lowest BCUT2D eigenvalue weighted by Gasteiger charge is -2.01. The van der Waals surface area contributed by atoms with Crippen molar-refractivity contribution in [3.63, 3.8) is 0 Å². The van der Waals surface area contributed by atoms with E-state index in [9.17, 15) is 13.3 Å². The third kappa shape index (κ3) is 6.27. The van der Waals surface area contributed by atoms with Gasteiger partial charge < -0.3 is 4.57 Å². The smallest absolute Gasteiger partial charge is 0.176 e. The Balaban J connectivity index is 3.90. The molecule has 0 fully saturated rings. The number of halogens is 3. The number of hydrogen-bond donors (Lipinski definition) is 0. The molecule has 0 aromatic rings. The molecule has 0 aliphatic carbocycles. The van der Waals surface area contributed by atoms with Gasteiger partial charge in [0, 0.05) is 12.3 Å². The Morgan fingerprint density at radius 2 is 1.55 bits per heavy atom. The summed E-state index contributed by atoms with van der Waals surface area (Å²) in [6.45, 7) is -2.91. The molecule has 0 bridgehead atoms. The van der Waals surface area contributed by atoms with Gasteiger partial charge in [0.25, 0.3) is 0 Å². The van der Waals surface area contributed by atoms with Crippen molar-refractivity contribution in [2.45, 2.75) is 0 Å². The zero-order valence-electron chi connectivity index (χ0n) is 5.71. The molecule has 0 saturated carbocycles. The van der Waals surface area contributed by atoms with Crippen LogP contribution in [0.25, 0.3) is 0 Å². The maximum atomic E-state index is 11.4. The maximum Gasteiger partial charge on any atom is 0.176 e. The Hall–Kier alpha value is -0.140. The Morgan fingerprint density at radius 3 is 1.82 bits per heavy atom. The Labute approximate surface area is 68.9 Å². The van der Waals surface area contributed by atoms with Crippen LogP contribution < -0.4 is 0 Å². The molecule has 0 rings (SSSR count). The second-order valence-corrected chi connectivity index (χ2v) is 6.04. The Kier molecular flexibility index (Phi) is 5.43. The first-order valence-corrected chi connectivity index (χ1v) is 5.89. The molecule has 5 heteroatoms. The molecular weight excluding hydrogens is 192 g/mol. The number of rotatable bonds is 4. The van der Waals surface area contributed by atoms with Gasteiger partial charge in [0.2, 0.25) is 0 Å². The SMILES string of the molecule is O=P(Cl)(CC=CF)CC=CF. The van der Waals surface area contributed by atoms with Crippen molar-refractivity contribution in [1.29, 1.82) is 0 Å². The monoisotopic (exact) mass is 200 g/mol. The predicted molar refractivity (Wildman–Crippen MR) is 43.7 cm³/mol. The van der Waals surface area contributed by atoms with Crippen LogP contribution in [0.2, 0.25) is 0 Å². The van der Waals surface area contributed by atoms with Crippen molar-refractivity contribution in [3.05, 3.63) is 24.8 Å². The fraction of sp³-hybridized carbons (Fsp3) is 0.333. The van der Waals surface area contributed by atoms with E-state index in [1.165, 1.54) is 0 Å². The van der Waals surface area contributed by atoms with E-state index in [1.807, 2.05) is 0 Å². The van der Waals surface area contributed by atoms with Crippen molar-refractivity contribution >= 4 is 17.7 Å². The summed E-state index contributed by atoms with van der Waals surface area (Å²) in [4.78, 5) is 0.